The molecule has 2 aromatic rings. The predicted octanol–water partition coefficient (Wildman–Crippen LogP) is 3.67. The number of anilines is 1. The molecular weight excluding hydrogens is 321 g/mol. The van der Waals surface area contributed by atoms with Crippen LogP contribution in [0.5, 0.6) is 0 Å². The Labute approximate surface area is 118 Å². The van der Waals surface area contributed by atoms with Crippen molar-refractivity contribution in [1.82, 2.24) is 9.97 Å². The van der Waals surface area contributed by atoms with E-state index in [1.807, 2.05) is 24.3 Å². The zero-order chi connectivity index (χ0) is 13.1. The van der Waals surface area contributed by atoms with Crippen LogP contribution >= 0.6 is 27.5 Å². The Morgan fingerprint density at radius 3 is 2.83 bits per heavy atom. The molecule has 0 unspecified atom stereocenters. The fraction of sp³-hybridized carbons (Fsp3) is 0.167. The minimum atomic E-state index is -0.492. The van der Waals surface area contributed by atoms with E-state index >= 15 is 0 Å². The summed E-state index contributed by atoms with van der Waals surface area (Å²) in [5.41, 5.74) is 1.04. The molecule has 0 fully saturated rings. The van der Waals surface area contributed by atoms with Crippen LogP contribution < -0.4 is 4.90 Å². The summed E-state index contributed by atoms with van der Waals surface area (Å²) in [7, 11) is 1.75. The lowest BCUT2D eigenvalue weighted by atomic mass is 10.2. The molecule has 94 valence electrons. The van der Waals surface area contributed by atoms with Gasteiger partial charge in [-0.2, -0.15) is 4.98 Å². The van der Waals surface area contributed by atoms with Crippen LogP contribution in [0.15, 0.2) is 34.9 Å². The van der Waals surface area contributed by atoms with E-state index in [2.05, 4.69) is 25.9 Å². The summed E-state index contributed by atoms with van der Waals surface area (Å²) in [5.74, 6) is -0.306. The lowest BCUT2D eigenvalue weighted by molar-refractivity contribution is 0.607. The Kier molecular flexibility index (Phi) is 4.14. The average Bonchev–Trinajstić information content (AvgIpc) is 2.35. The van der Waals surface area contributed by atoms with Crippen LogP contribution in [-0.2, 0) is 6.54 Å². The van der Waals surface area contributed by atoms with Gasteiger partial charge in [0.25, 0.3) is 0 Å². The summed E-state index contributed by atoms with van der Waals surface area (Å²) >= 11 is 9.12. The third-order valence-corrected chi connectivity index (χ3v) is 3.38. The van der Waals surface area contributed by atoms with E-state index in [1.54, 1.807) is 11.9 Å². The Morgan fingerprint density at radius 2 is 2.11 bits per heavy atom. The standard InChI is InChI=1S/C12H10BrClFN3/c1-18(7-8-4-2-3-5-9(8)13)11-10(15)6-16-12(14)17-11/h2-6H,7H2,1H3. The maximum Gasteiger partial charge on any atom is 0.224 e. The van der Waals surface area contributed by atoms with Crippen LogP contribution in [0, 0.1) is 5.82 Å². The molecule has 2 rings (SSSR count). The number of rotatable bonds is 3. The molecule has 3 nitrogen and oxygen atoms in total. The molecular formula is C12H10BrClFN3. The van der Waals surface area contributed by atoms with E-state index in [0.29, 0.717) is 6.54 Å². The van der Waals surface area contributed by atoms with Gasteiger partial charge in [0, 0.05) is 18.1 Å². The minimum absolute atomic E-state index is 0.0328. The summed E-state index contributed by atoms with van der Waals surface area (Å²) in [6.45, 7) is 0.520. The maximum absolute atomic E-state index is 13.6. The Bertz CT molecular complexity index is 565. The van der Waals surface area contributed by atoms with E-state index in [-0.39, 0.29) is 11.1 Å². The third kappa shape index (κ3) is 2.97. The second-order valence-electron chi connectivity index (χ2n) is 3.76. The lowest BCUT2D eigenvalue weighted by Gasteiger charge is -2.19. The number of hydrogen-bond donors (Lipinski definition) is 0. The molecule has 0 N–H and O–H groups in total. The van der Waals surface area contributed by atoms with Crippen molar-refractivity contribution >= 4 is 33.3 Å². The van der Waals surface area contributed by atoms with Crippen LogP contribution in [0.3, 0.4) is 0 Å². The summed E-state index contributed by atoms with van der Waals surface area (Å²) in [6.07, 6.45) is 1.07. The molecule has 6 heteroatoms. The molecule has 0 radical (unpaired) electrons. The summed E-state index contributed by atoms with van der Waals surface area (Å²) in [5, 5.41) is 0.0328. The highest BCUT2D eigenvalue weighted by molar-refractivity contribution is 9.10. The SMILES string of the molecule is CN(Cc1ccccc1Br)c1nc(Cl)ncc1F. The highest BCUT2D eigenvalue weighted by Gasteiger charge is 2.12. The first-order chi connectivity index (χ1) is 8.58. The zero-order valence-corrected chi connectivity index (χ0v) is 11.9. The van der Waals surface area contributed by atoms with Crippen molar-refractivity contribution in [3.63, 3.8) is 0 Å². The van der Waals surface area contributed by atoms with Crippen molar-refractivity contribution in [2.24, 2.45) is 0 Å². The van der Waals surface area contributed by atoms with E-state index in [9.17, 15) is 4.39 Å². The summed E-state index contributed by atoms with van der Waals surface area (Å²) in [6, 6.07) is 7.75. The molecule has 0 aliphatic rings. The van der Waals surface area contributed by atoms with Gasteiger partial charge in [-0.05, 0) is 23.2 Å². The van der Waals surface area contributed by atoms with E-state index in [1.165, 1.54) is 0 Å². The second-order valence-corrected chi connectivity index (χ2v) is 4.95. The number of halogens is 3. The third-order valence-electron chi connectivity index (χ3n) is 2.42. The van der Waals surface area contributed by atoms with Gasteiger partial charge in [-0.3, -0.25) is 0 Å². The molecule has 1 aromatic carbocycles. The smallest absolute Gasteiger partial charge is 0.224 e. The van der Waals surface area contributed by atoms with Gasteiger partial charge in [0.2, 0.25) is 5.28 Å². The molecule has 0 saturated heterocycles. The largest absolute Gasteiger partial charge is 0.353 e. The van der Waals surface area contributed by atoms with Crippen molar-refractivity contribution in [3.05, 3.63) is 51.6 Å². The Hall–Kier alpha value is -1.20. The maximum atomic E-state index is 13.6. The molecule has 18 heavy (non-hydrogen) atoms. The number of aromatic nitrogens is 2. The van der Waals surface area contributed by atoms with Gasteiger partial charge in [-0.15, -0.1) is 0 Å². The van der Waals surface area contributed by atoms with Gasteiger partial charge in [0.1, 0.15) is 0 Å². The normalized spacial score (nSPS) is 10.4. The van der Waals surface area contributed by atoms with Crippen LogP contribution in [0.25, 0.3) is 0 Å². The minimum Gasteiger partial charge on any atom is -0.353 e. The number of nitrogens with zero attached hydrogens (tertiary/aromatic N) is 3. The monoisotopic (exact) mass is 329 g/mol. The van der Waals surface area contributed by atoms with Crippen molar-refractivity contribution in [2.45, 2.75) is 6.54 Å². The molecule has 0 spiro atoms. The van der Waals surface area contributed by atoms with Crippen LogP contribution in [0.1, 0.15) is 5.56 Å². The highest BCUT2D eigenvalue weighted by atomic mass is 79.9. The first kappa shape index (κ1) is 13.2. The number of hydrogen-bond acceptors (Lipinski definition) is 3. The first-order valence-corrected chi connectivity index (χ1v) is 6.37. The molecule has 0 saturated carbocycles. The van der Waals surface area contributed by atoms with Gasteiger partial charge in [0.15, 0.2) is 11.6 Å². The topological polar surface area (TPSA) is 29.0 Å². The van der Waals surface area contributed by atoms with Crippen molar-refractivity contribution < 1.29 is 4.39 Å². The van der Waals surface area contributed by atoms with E-state index in [0.717, 1.165) is 16.2 Å². The van der Waals surface area contributed by atoms with Crippen LogP contribution in [0.4, 0.5) is 10.2 Å². The molecule has 1 aromatic heterocycles. The van der Waals surface area contributed by atoms with Gasteiger partial charge in [0.05, 0.1) is 6.20 Å². The van der Waals surface area contributed by atoms with Crippen molar-refractivity contribution in [1.29, 1.82) is 0 Å². The van der Waals surface area contributed by atoms with Crippen LogP contribution in [0.2, 0.25) is 5.28 Å². The Balaban J connectivity index is 2.25. The fourth-order valence-electron chi connectivity index (χ4n) is 1.56. The molecule has 0 aliphatic carbocycles. The van der Waals surface area contributed by atoms with E-state index < -0.39 is 5.82 Å². The molecule has 0 aliphatic heterocycles. The molecule has 0 atom stereocenters. The lowest BCUT2D eigenvalue weighted by Crippen LogP contribution is -2.19. The van der Waals surface area contributed by atoms with Crippen LogP contribution in [-0.4, -0.2) is 17.0 Å². The molecule has 1 heterocycles. The predicted molar refractivity (Wildman–Crippen MR) is 73.2 cm³/mol. The average molecular weight is 331 g/mol. The Morgan fingerprint density at radius 1 is 1.39 bits per heavy atom. The van der Waals surface area contributed by atoms with Gasteiger partial charge in [-0.1, -0.05) is 34.1 Å². The quantitative estimate of drug-likeness (QED) is 0.804. The molecule has 0 amide bonds. The summed E-state index contributed by atoms with van der Waals surface area (Å²) < 4.78 is 14.6. The van der Waals surface area contributed by atoms with Gasteiger partial charge < -0.3 is 4.90 Å². The second kappa shape index (κ2) is 5.63. The van der Waals surface area contributed by atoms with E-state index in [4.69, 9.17) is 11.6 Å². The van der Waals surface area contributed by atoms with Gasteiger partial charge in [-0.25, -0.2) is 9.37 Å². The zero-order valence-electron chi connectivity index (χ0n) is 9.57. The van der Waals surface area contributed by atoms with Crippen molar-refractivity contribution in [3.8, 4) is 0 Å². The summed E-state index contributed by atoms with van der Waals surface area (Å²) in [4.78, 5) is 9.16. The van der Waals surface area contributed by atoms with Gasteiger partial charge >= 0.3 is 0 Å². The first-order valence-electron chi connectivity index (χ1n) is 5.20. The fourth-order valence-corrected chi connectivity index (χ4v) is 2.10. The highest BCUT2D eigenvalue weighted by Crippen LogP contribution is 2.22. The van der Waals surface area contributed by atoms with Crippen molar-refractivity contribution in [2.75, 3.05) is 11.9 Å². The molecule has 0 bridgehead atoms. The number of benzene rings is 1.